The number of hydrogen-bond donors (Lipinski definition) is 0. The maximum Gasteiger partial charge on any atom is 0.206 e. The molecule has 1 aliphatic rings. The van der Waals surface area contributed by atoms with E-state index in [4.69, 9.17) is 4.74 Å². The zero-order valence-electron chi connectivity index (χ0n) is 7.53. The van der Waals surface area contributed by atoms with Gasteiger partial charge >= 0.3 is 0 Å². The molecular weight excluding hydrogens is 184 g/mol. The number of rotatable bonds is 1. The molecule has 2 heterocycles. The lowest BCUT2D eigenvalue weighted by Gasteiger charge is -2.20. The number of hydrogen-bond acceptors (Lipinski definition) is 3. The number of carbonyl (C=O) groups is 1. The number of ketones is 1. The minimum Gasteiger partial charge on any atom is -0.482 e. The third kappa shape index (κ3) is 1.20. The highest BCUT2D eigenvalue weighted by molar-refractivity contribution is 7.10. The van der Waals surface area contributed by atoms with Crippen molar-refractivity contribution in [3.05, 3.63) is 34.2 Å². The summed E-state index contributed by atoms with van der Waals surface area (Å²) in [4.78, 5) is 12.7. The smallest absolute Gasteiger partial charge is 0.206 e. The monoisotopic (exact) mass is 194 g/mol. The normalized spacial score (nSPS) is 26.5. The maximum atomic E-state index is 11.5. The fraction of sp³-hybridized carbons (Fsp3) is 0.300. The van der Waals surface area contributed by atoms with Crippen LogP contribution in [0.3, 0.4) is 0 Å². The molecule has 1 unspecified atom stereocenters. The van der Waals surface area contributed by atoms with E-state index in [0.29, 0.717) is 0 Å². The average molecular weight is 194 g/mol. The molecule has 13 heavy (non-hydrogen) atoms. The molecule has 1 aromatic heterocycles. The number of aryl methyl sites for hydroxylation is 1. The molecule has 1 aromatic rings. The molecule has 0 saturated heterocycles. The van der Waals surface area contributed by atoms with Crippen LogP contribution in [-0.2, 0) is 15.1 Å². The van der Waals surface area contributed by atoms with Gasteiger partial charge in [-0.2, -0.15) is 0 Å². The fourth-order valence-electron chi connectivity index (χ4n) is 1.35. The minimum absolute atomic E-state index is 0.0188. The van der Waals surface area contributed by atoms with E-state index in [1.807, 2.05) is 18.4 Å². The van der Waals surface area contributed by atoms with Crippen molar-refractivity contribution in [2.24, 2.45) is 0 Å². The molecule has 0 spiro atoms. The minimum atomic E-state index is -0.773. The Morgan fingerprint density at radius 2 is 2.31 bits per heavy atom. The first-order valence-corrected chi connectivity index (χ1v) is 4.95. The molecule has 0 fully saturated rings. The molecule has 0 aliphatic carbocycles. The van der Waals surface area contributed by atoms with Gasteiger partial charge in [0.2, 0.25) is 5.78 Å². The van der Waals surface area contributed by atoms with E-state index in [0.717, 1.165) is 5.56 Å². The Hall–Kier alpha value is -1.09. The molecule has 3 heteroatoms. The van der Waals surface area contributed by atoms with Crippen LogP contribution in [-0.4, -0.2) is 5.78 Å². The van der Waals surface area contributed by atoms with Gasteiger partial charge in [-0.15, -0.1) is 11.3 Å². The van der Waals surface area contributed by atoms with E-state index in [1.54, 1.807) is 18.3 Å². The van der Waals surface area contributed by atoms with Crippen LogP contribution in [0.4, 0.5) is 0 Å². The Kier molecular flexibility index (Phi) is 1.77. The van der Waals surface area contributed by atoms with E-state index in [2.05, 4.69) is 0 Å². The van der Waals surface area contributed by atoms with Gasteiger partial charge in [0.1, 0.15) is 0 Å². The summed E-state index contributed by atoms with van der Waals surface area (Å²) in [5.74, 6) is 0.0188. The van der Waals surface area contributed by atoms with Gasteiger partial charge in [-0.1, -0.05) is 0 Å². The quantitative estimate of drug-likeness (QED) is 0.686. The highest BCUT2D eigenvalue weighted by atomic mass is 32.1. The molecule has 2 nitrogen and oxygen atoms in total. The summed E-state index contributed by atoms with van der Waals surface area (Å²) >= 11 is 1.63. The van der Waals surface area contributed by atoms with Crippen LogP contribution in [0, 0.1) is 6.92 Å². The molecule has 1 atom stereocenters. The summed E-state index contributed by atoms with van der Waals surface area (Å²) in [5, 5.41) is 1.97. The molecule has 0 aromatic carbocycles. The van der Waals surface area contributed by atoms with Gasteiger partial charge in [-0.25, -0.2) is 0 Å². The second-order valence-corrected chi connectivity index (χ2v) is 4.38. The predicted molar refractivity (Wildman–Crippen MR) is 51.6 cm³/mol. The SMILES string of the molecule is Cc1cc(C2(C)OC=CC2=O)cs1. The van der Waals surface area contributed by atoms with Crippen LogP contribution in [0.2, 0.25) is 0 Å². The lowest BCUT2D eigenvalue weighted by Crippen LogP contribution is -2.28. The topological polar surface area (TPSA) is 26.3 Å². The van der Waals surface area contributed by atoms with Crippen molar-refractivity contribution in [1.29, 1.82) is 0 Å². The highest BCUT2D eigenvalue weighted by Gasteiger charge is 2.38. The predicted octanol–water partition coefficient (Wildman–Crippen LogP) is 2.38. The van der Waals surface area contributed by atoms with Crippen LogP contribution < -0.4 is 0 Å². The Balaban J connectivity index is 2.41. The molecule has 0 N–H and O–H groups in total. The van der Waals surface area contributed by atoms with Crippen LogP contribution in [0.25, 0.3) is 0 Å². The Bertz CT molecular complexity index is 378. The zero-order valence-corrected chi connectivity index (χ0v) is 8.35. The van der Waals surface area contributed by atoms with Crippen molar-refractivity contribution in [2.75, 3.05) is 0 Å². The molecule has 0 saturated carbocycles. The van der Waals surface area contributed by atoms with Crippen molar-refractivity contribution in [3.8, 4) is 0 Å². The second-order valence-electron chi connectivity index (χ2n) is 3.26. The van der Waals surface area contributed by atoms with Crippen molar-refractivity contribution in [2.45, 2.75) is 19.4 Å². The zero-order chi connectivity index (χ0) is 9.47. The summed E-state index contributed by atoms with van der Waals surface area (Å²) in [6.07, 6.45) is 2.95. The summed E-state index contributed by atoms with van der Waals surface area (Å²) < 4.78 is 5.33. The number of thiophene rings is 1. The molecule has 0 amide bonds. The summed E-state index contributed by atoms with van der Waals surface area (Å²) in [6, 6.07) is 2.00. The van der Waals surface area contributed by atoms with E-state index in [1.165, 1.54) is 17.2 Å². The van der Waals surface area contributed by atoms with E-state index < -0.39 is 5.60 Å². The van der Waals surface area contributed by atoms with E-state index in [-0.39, 0.29) is 5.78 Å². The third-order valence-corrected chi connectivity index (χ3v) is 3.14. The van der Waals surface area contributed by atoms with Crippen LogP contribution in [0.1, 0.15) is 17.4 Å². The molecule has 0 radical (unpaired) electrons. The first-order chi connectivity index (χ1) is 6.13. The van der Waals surface area contributed by atoms with Crippen molar-refractivity contribution in [3.63, 3.8) is 0 Å². The average Bonchev–Trinajstić information content (AvgIpc) is 2.62. The summed E-state index contributed by atoms with van der Waals surface area (Å²) in [5.41, 5.74) is 0.176. The number of ether oxygens (including phenoxy) is 1. The van der Waals surface area contributed by atoms with Crippen molar-refractivity contribution < 1.29 is 9.53 Å². The Labute approximate surface area is 80.8 Å². The van der Waals surface area contributed by atoms with Gasteiger partial charge in [0.05, 0.1) is 6.26 Å². The summed E-state index contributed by atoms with van der Waals surface area (Å²) in [6.45, 7) is 3.82. The third-order valence-electron chi connectivity index (χ3n) is 2.27. The van der Waals surface area contributed by atoms with Gasteiger partial charge in [-0.05, 0) is 25.3 Å². The standard InChI is InChI=1S/C10H10O2S/c1-7-5-8(6-13-7)10(2)9(11)3-4-12-10/h3-6H,1-2H3. The largest absolute Gasteiger partial charge is 0.482 e. The highest BCUT2D eigenvalue weighted by Crippen LogP contribution is 2.33. The second kappa shape index (κ2) is 2.70. The van der Waals surface area contributed by atoms with Crippen LogP contribution in [0.15, 0.2) is 23.8 Å². The first kappa shape index (κ1) is 8.51. The summed E-state index contributed by atoms with van der Waals surface area (Å²) in [7, 11) is 0. The van der Waals surface area contributed by atoms with Gasteiger partial charge in [0.25, 0.3) is 0 Å². The molecule has 2 rings (SSSR count). The Morgan fingerprint density at radius 3 is 2.77 bits per heavy atom. The fourth-order valence-corrected chi connectivity index (χ4v) is 2.15. The van der Waals surface area contributed by atoms with Gasteiger partial charge < -0.3 is 4.74 Å². The van der Waals surface area contributed by atoms with E-state index >= 15 is 0 Å². The van der Waals surface area contributed by atoms with Gasteiger partial charge in [0, 0.05) is 16.5 Å². The molecule has 0 bridgehead atoms. The number of carbonyl (C=O) groups excluding carboxylic acids is 1. The van der Waals surface area contributed by atoms with Crippen LogP contribution in [0.5, 0.6) is 0 Å². The van der Waals surface area contributed by atoms with Crippen molar-refractivity contribution in [1.82, 2.24) is 0 Å². The van der Waals surface area contributed by atoms with Gasteiger partial charge in [-0.3, -0.25) is 4.79 Å². The Morgan fingerprint density at radius 1 is 1.54 bits per heavy atom. The van der Waals surface area contributed by atoms with E-state index in [9.17, 15) is 4.79 Å². The van der Waals surface area contributed by atoms with Crippen molar-refractivity contribution >= 4 is 17.1 Å². The lowest BCUT2D eigenvalue weighted by molar-refractivity contribution is -0.128. The molecule has 1 aliphatic heterocycles. The molecule has 68 valence electrons. The molecular formula is C10H10O2S. The maximum absolute atomic E-state index is 11.5. The lowest BCUT2D eigenvalue weighted by atomic mass is 9.95. The van der Waals surface area contributed by atoms with Gasteiger partial charge in [0.15, 0.2) is 5.60 Å². The first-order valence-electron chi connectivity index (χ1n) is 4.07. The van der Waals surface area contributed by atoms with Crippen LogP contribution >= 0.6 is 11.3 Å².